The van der Waals surface area contributed by atoms with Crippen LogP contribution >= 0.6 is 11.6 Å². The van der Waals surface area contributed by atoms with Crippen LogP contribution in [0.25, 0.3) is 0 Å². The molecule has 1 aromatic heterocycles. The minimum absolute atomic E-state index is 0.0280. The first-order chi connectivity index (χ1) is 14.0. The van der Waals surface area contributed by atoms with Gasteiger partial charge in [-0.1, -0.05) is 17.7 Å². The van der Waals surface area contributed by atoms with Crippen molar-refractivity contribution in [2.24, 2.45) is 11.8 Å². The second kappa shape index (κ2) is 7.02. The summed E-state index contributed by atoms with van der Waals surface area (Å²) < 4.78 is 1.86. The van der Waals surface area contributed by atoms with Crippen LogP contribution < -0.4 is 10.5 Å². The summed E-state index contributed by atoms with van der Waals surface area (Å²) in [7, 11) is 0. The van der Waals surface area contributed by atoms with E-state index in [9.17, 15) is 14.4 Å². The number of carbonyl (C=O) groups is 2. The van der Waals surface area contributed by atoms with Gasteiger partial charge in [-0.15, -0.1) is 0 Å². The van der Waals surface area contributed by atoms with Gasteiger partial charge in [0.15, 0.2) is 0 Å². The van der Waals surface area contributed by atoms with Gasteiger partial charge in [0, 0.05) is 61.0 Å². The molecule has 0 aliphatic carbocycles. The third-order valence-corrected chi connectivity index (χ3v) is 6.66. The van der Waals surface area contributed by atoms with Gasteiger partial charge < -0.3 is 14.4 Å². The summed E-state index contributed by atoms with van der Waals surface area (Å²) in [6.07, 6.45) is 1.25. The van der Waals surface area contributed by atoms with E-state index in [0.717, 1.165) is 17.8 Å². The quantitative estimate of drug-likeness (QED) is 0.762. The molecule has 4 heterocycles. The Kier molecular flexibility index (Phi) is 4.46. The largest absolute Gasteiger partial charge is 0.341 e. The van der Waals surface area contributed by atoms with Gasteiger partial charge in [0.25, 0.3) is 5.56 Å². The molecule has 150 valence electrons. The molecule has 1 aromatic carbocycles. The maximum Gasteiger partial charge on any atom is 0.250 e. The maximum absolute atomic E-state index is 13.2. The Hall–Kier alpha value is -2.60. The standard InChI is InChI=1S/C22H22ClN3O3/c23-17-4-6-18(7-5-17)25-13-16(9-21(25)28)22(29)24-10-14-8-15(12-24)19-2-1-3-20(27)26(19)11-14/h1-7,14-16H,8-13H2. The molecule has 2 aromatic rings. The Morgan fingerprint density at radius 1 is 0.966 bits per heavy atom. The number of aromatic nitrogens is 1. The number of fused-ring (bicyclic) bond motifs is 4. The Bertz CT molecular complexity index is 1030. The summed E-state index contributed by atoms with van der Waals surface area (Å²) in [6.45, 7) is 2.34. The molecule has 3 aliphatic heterocycles. The number of benzene rings is 1. The van der Waals surface area contributed by atoms with Gasteiger partial charge in [0.05, 0.1) is 5.92 Å². The van der Waals surface area contributed by atoms with Crippen molar-refractivity contribution in [1.82, 2.24) is 9.47 Å². The normalized spacial score (nSPS) is 25.8. The van der Waals surface area contributed by atoms with Crippen molar-refractivity contribution < 1.29 is 9.59 Å². The Labute approximate surface area is 173 Å². The number of hydrogen-bond donors (Lipinski definition) is 0. The number of anilines is 1. The lowest BCUT2D eigenvalue weighted by Gasteiger charge is -2.43. The molecule has 29 heavy (non-hydrogen) atoms. The van der Waals surface area contributed by atoms with Gasteiger partial charge in [0.2, 0.25) is 11.8 Å². The zero-order valence-corrected chi connectivity index (χ0v) is 16.7. The number of rotatable bonds is 2. The second-order valence-electron chi connectivity index (χ2n) is 8.32. The number of amides is 2. The number of nitrogens with zero attached hydrogens (tertiary/aromatic N) is 3. The number of pyridine rings is 1. The lowest BCUT2D eigenvalue weighted by molar-refractivity contribution is -0.138. The highest BCUT2D eigenvalue weighted by atomic mass is 35.5. The fourth-order valence-electron chi connectivity index (χ4n) is 5.08. The summed E-state index contributed by atoms with van der Waals surface area (Å²) >= 11 is 5.94. The summed E-state index contributed by atoms with van der Waals surface area (Å²) in [5.74, 6) is 0.172. The minimum Gasteiger partial charge on any atom is -0.341 e. The van der Waals surface area contributed by atoms with Crippen LogP contribution in [0, 0.1) is 11.8 Å². The average Bonchev–Trinajstić information content (AvgIpc) is 3.10. The van der Waals surface area contributed by atoms with E-state index in [4.69, 9.17) is 11.6 Å². The van der Waals surface area contributed by atoms with Crippen LogP contribution in [0.15, 0.2) is 47.3 Å². The topological polar surface area (TPSA) is 62.6 Å². The first kappa shape index (κ1) is 18.4. The fourth-order valence-corrected chi connectivity index (χ4v) is 5.20. The van der Waals surface area contributed by atoms with Crippen LogP contribution in [-0.2, 0) is 16.1 Å². The van der Waals surface area contributed by atoms with E-state index in [-0.39, 0.29) is 41.5 Å². The predicted octanol–water partition coefficient (Wildman–Crippen LogP) is 2.50. The van der Waals surface area contributed by atoms with E-state index in [0.29, 0.717) is 31.2 Å². The van der Waals surface area contributed by atoms with Gasteiger partial charge in [-0.25, -0.2) is 0 Å². The third-order valence-electron chi connectivity index (χ3n) is 6.40. The van der Waals surface area contributed by atoms with Crippen LogP contribution in [0.3, 0.4) is 0 Å². The number of carbonyl (C=O) groups excluding carboxylic acids is 2. The highest BCUT2D eigenvalue weighted by Gasteiger charge is 2.41. The predicted molar refractivity (Wildman–Crippen MR) is 110 cm³/mol. The van der Waals surface area contributed by atoms with Crippen molar-refractivity contribution >= 4 is 29.1 Å². The molecule has 0 N–H and O–H groups in total. The summed E-state index contributed by atoms with van der Waals surface area (Å²) in [4.78, 5) is 41.6. The van der Waals surface area contributed by atoms with E-state index in [1.165, 1.54) is 0 Å². The van der Waals surface area contributed by atoms with Crippen LogP contribution in [0.4, 0.5) is 5.69 Å². The van der Waals surface area contributed by atoms with Gasteiger partial charge >= 0.3 is 0 Å². The number of likely N-dealkylation sites (tertiary alicyclic amines) is 1. The first-order valence-corrected chi connectivity index (χ1v) is 10.4. The van der Waals surface area contributed by atoms with E-state index in [2.05, 4.69) is 0 Å². The average molecular weight is 412 g/mol. The molecule has 0 saturated carbocycles. The Balaban J connectivity index is 1.32. The second-order valence-corrected chi connectivity index (χ2v) is 8.76. The minimum atomic E-state index is -0.324. The maximum atomic E-state index is 13.2. The molecular weight excluding hydrogens is 390 g/mol. The van der Waals surface area contributed by atoms with Crippen molar-refractivity contribution in [1.29, 1.82) is 0 Å². The SMILES string of the molecule is O=C(C1CC(=O)N(c2ccc(Cl)cc2)C1)N1CC2CC(C1)c1cccc(=O)n1C2. The molecule has 2 saturated heterocycles. The molecule has 7 heteroatoms. The van der Waals surface area contributed by atoms with E-state index < -0.39 is 0 Å². The highest BCUT2D eigenvalue weighted by molar-refractivity contribution is 6.30. The van der Waals surface area contributed by atoms with Crippen LogP contribution in [0.2, 0.25) is 5.02 Å². The molecule has 0 spiro atoms. The summed E-state index contributed by atoms with van der Waals surface area (Å²) in [6, 6.07) is 12.5. The molecule has 3 atom stereocenters. The molecule has 2 bridgehead atoms. The van der Waals surface area contributed by atoms with E-state index in [1.807, 2.05) is 27.7 Å². The van der Waals surface area contributed by atoms with E-state index in [1.54, 1.807) is 29.2 Å². The van der Waals surface area contributed by atoms with Gasteiger partial charge in [0.1, 0.15) is 0 Å². The molecule has 2 fully saturated rings. The summed E-state index contributed by atoms with van der Waals surface area (Å²) in [5, 5.41) is 0.618. The van der Waals surface area contributed by atoms with Crippen molar-refractivity contribution in [3.05, 3.63) is 63.5 Å². The van der Waals surface area contributed by atoms with Crippen LogP contribution in [-0.4, -0.2) is 40.9 Å². The van der Waals surface area contributed by atoms with Gasteiger partial charge in [-0.05, 0) is 42.7 Å². The number of hydrogen-bond acceptors (Lipinski definition) is 3. The zero-order valence-electron chi connectivity index (χ0n) is 16.0. The van der Waals surface area contributed by atoms with Gasteiger partial charge in [-0.3, -0.25) is 14.4 Å². The highest BCUT2D eigenvalue weighted by Crippen LogP contribution is 2.36. The molecular formula is C22H22ClN3O3. The molecule has 3 unspecified atom stereocenters. The monoisotopic (exact) mass is 411 g/mol. The van der Waals surface area contributed by atoms with Gasteiger partial charge in [-0.2, -0.15) is 0 Å². The Morgan fingerprint density at radius 3 is 2.55 bits per heavy atom. The molecule has 0 radical (unpaired) electrons. The Morgan fingerprint density at radius 2 is 1.76 bits per heavy atom. The number of piperidine rings is 1. The van der Waals surface area contributed by atoms with Crippen molar-refractivity contribution in [3.8, 4) is 0 Å². The van der Waals surface area contributed by atoms with Crippen molar-refractivity contribution in [2.75, 3.05) is 24.5 Å². The van der Waals surface area contributed by atoms with Crippen LogP contribution in [0.5, 0.6) is 0 Å². The molecule has 2 amide bonds. The summed E-state index contributed by atoms with van der Waals surface area (Å²) in [5.41, 5.74) is 1.84. The molecule has 6 nitrogen and oxygen atoms in total. The van der Waals surface area contributed by atoms with E-state index >= 15 is 0 Å². The zero-order chi connectivity index (χ0) is 20.1. The first-order valence-electron chi connectivity index (χ1n) is 10.0. The lowest BCUT2D eigenvalue weighted by Crippen LogP contribution is -2.50. The smallest absolute Gasteiger partial charge is 0.250 e. The molecule has 3 aliphatic rings. The van der Waals surface area contributed by atoms with Crippen molar-refractivity contribution in [3.63, 3.8) is 0 Å². The fraction of sp³-hybridized carbons (Fsp3) is 0.409. The number of halogens is 1. The lowest BCUT2D eigenvalue weighted by atomic mass is 9.82. The third kappa shape index (κ3) is 3.25. The van der Waals surface area contributed by atoms with Crippen LogP contribution in [0.1, 0.15) is 24.5 Å². The molecule has 5 rings (SSSR count). The van der Waals surface area contributed by atoms with Crippen molar-refractivity contribution in [2.45, 2.75) is 25.3 Å².